The van der Waals surface area contributed by atoms with Crippen LogP contribution in [0.4, 0.5) is 11.4 Å². The van der Waals surface area contributed by atoms with E-state index >= 15 is 0 Å². The number of nitro benzene ring substituents is 1. The van der Waals surface area contributed by atoms with Gasteiger partial charge in [-0.15, -0.1) is 0 Å². The highest BCUT2D eigenvalue weighted by molar-refractivity contribution is 5.96. The minimum Gasteiger partial charge on any atom is -0.324 e. The van der Waals surface area contributed by atoms with Gasteiger partial charge in [-0.2, -0.15) is 0 Å². The molecule has 3 rings (SSSR count). The number of likely N-dealkylation sites (N-methyl/N-ethyl adjacent to an activating group) is 1. The molecule has 0 radical (unpaired) electrons. The number of aryl methyl sites for hydroxylation is 4. The number of likely N-dealkylation sites (tertiary alicyclic amines) is 1. The maximum atomic E-state index is 13.4. The van der Waals surface area contributed by atoms with Crippen LogP contribution < -0.4 is 5.32 Å². The van der Waals surface area contributed by atoms with E-state index in [1.54, 1.807) is 12.1 Å². The molecule has 1 saturated heterocycles. The minimum absolute atomic E-state index is 0.0776. The SMILES string of the molecule is CCC[N+](CC)(CCCCCN1CCCCC1C(=O)Nc1c(C)cccc1C)CC(=O)Cc1c(C)cc([N+](=O)[O-])cc1C. The maximum Gasteiger partial charge on any atom is 0.269 e. The van der Waals surface area contributed by atoms with E-state index in [1.165, 1.54) is 0 Å². The first-order valence-corrected chi connectivity index (χ1v) is 16.2. The van der Waals surface area contributed by atoms with E-state index in [0.29, 0.717) is 13.0 Å². The highest BCUT2D eigenvalue weighted by Crippen LogP contribution is 2.25. The average Bonchev–Trinajstić information content (AvgIpc) is 2.96. The van der Waals surface area contributed by atoms with Gasteiger partial charge in [-0.3, -0.25) is 24.6 Å². The topological polar surface area (TPSA) is 92.6 Å². The van der Waals surface area contributed by atoms with Gasteiger partial charge in [-0.25, -0.2) is 0 Å². The highest BCUT2D eigenvalue weighted by Gasteiger charge is 2.30. The number of carbonyl (C=O) groups excluding carboxylic acids is 2. The lowest BCUT2D eigenvalue weighted by atomic mass is 9.96. The number of ketones is 1. The van der Waals surface area contributed by atoms with Gasteiger partial charge in [-0.1, -0.05) is 31.5 Å². The smallest absolute Gasteiger partial charge is 0.269 e. The lowest BCUT2D eigenvalue weighted by molar-refractivity contribution is -0.919. The molecule has 1 N–H and O–H groups in total. The number of nitro groups is 1. The van der Waals surface area contributed by atoms with E-state index in [2.05, 4.69) is 24.1 Å². The molecule has 2 aromatic rings. The van der Waals surface area contributed by atoms with Gasteiger partial charge in [0.2, 0.25) is 5.91 Å². The van der Waals surface area contributed by atoms with Crippen LogP contribution in [0.15, 0.2) is 30.3 Å². The summed E-state index contributed by atoms with van der Waals surface area (Å²) in [5.41, 5.74) is 5.74. The summed E-state index contributed by atoms with van der Waals surface area (Å²) in [5.74, 6) is 0.306. The molecule has 1 amide bonds. The van der Waals surface area contributed by atoms with Crippen molar-refractivity contribution in [3.63, 3.8) is 0 Å². The average molecular weight is 594 g/mol. The molecule has 1 fully saturated rings. The molecule has 2 atom stereocenters. The van der Waals surface area contributed by atoms with Crippen LogP contribution in [0.5, 0.6) is 0 Å². The summed E-state index contributed by atoms with van der Waals surface area (Å²) in [6, 6.07) is 9.17. The predicted molar refractivity (Wildman–Crippen MR) is 175 cm³/mol. The van der Waals surface area contributed by atoms with Crippen LogP contribution in [0.25, 0.3) is 0 Å². The second kappa shape index (κ2) is 16.1. The number of rotatable bonds is 16. The zero-order chi connectivity index (χ0) is 31.6. The van der Waals surface area contributed by atoms with Crippen LogP contribution in [-0.4, -0.2) is 71.3 Å². The van der Waals surface area contributed by atoms with Crippen molar-refractivity contribution in [2.24, 2.45) is 0 Å². The number of hydrogen-bond donors (Lipinski definition) is 1. The molecule has 1 aliphatic heterocycles. The molecule has 2 aromatic carbocycles. The van der Waals surface area contributed by atoms with Gasteiger partial charge in [-0.05, 0) is 114 Å². The number of carbonyl (C=O) groups is 2. The first kappa shape index (κ1) is 34.4. The van der Waals surface area contributed by atoms with Gasteiger partial charge in [0.15, 0.2) is 5.78 Å². The Bertz CT molecular complexity index is 1230. The zero-order valence-electron chi connectivity index (χ0n) is 27.3. The Morgan fingerprint density at radius 2 is 1.65 bits per heavy atom. The lowest BCUT2D eigenvalue weighted by Gasteiger charge is -2.37. The van der Waals surface area contributed by atoms with E-state index in [9.17, 15) is 19.7 Å². The molecule has 236 valence electrons. The Morgan fingerprint density at radius 3 is 2.26 bits per heavy atom. The summed E-state index contributed by atoms with van der Waals surface area (Å²) in [6.07, 6.45) is 7.61. The first-order chi connectivity index (χ1) is 20.5. The highest BCUT2D eigenvalue weighted by atomic mass is 16.6. The minimum atomic E-state index is -0.377. The van der Waals surface area contributed by atoms with Gasteiger partial charge < -0.3 is 9.80 Å². The van der Waals surface area contributed by atoms with Gasteiger partial charge in [0.25, 0.3) is 5.69 Å². The largest absolute Gasteiger partial charge is 0.324 e. The van der Waals surface area contributed by atoms with Gasteiger partial charge >= 0.3 is 0 Å². The second-order valence-electron chi connectivity index (χ2n) is 12.7. The number of benzene rings is 2. The summed E-state index contributed by atoms with van der Waals surface area (Å²) in [4.78, 5) is 39.9. The second-order valence-corrected chi connectivity index (χ2v) is 12.7. The third-order valence-electron chi connectivity index (χ3n) is 9.37. The van der Waals surface area contributed by atoms with Crippen LogP contribution >= 0.6 is 0 Å². The number of nitrogens with zero attached hydrogens (tertiary/aromatic N) is 3. The number of unbranched alkanes of at least 4 members (excludes halogenated alkanes) is 2. The standard InChI is InChI=1S/C35H52N4O4/c1-7-20-39(8-2,25-31(40)24-32-28(5)22-30(38(42)43)23-29(32)6)21-13-9-11-18-37-19-12-10-17-33(37)35(41)36-34-26(3)15-14-16-27(34)4/h14-16,22-23,33H,7-13,17-21,24-25H2,1-6H3/p+1. The van der Waals surface area contributed by atoms with Crippen molar-refractivity contribution in [3.05, 3.63) is 68.3 Å². The monoisotopic (exact) mass is 593 g/mol. The molecule has 8 nitrogen and oxygen atoms in total. The van der Waals surface area contributed by atoms with Crippen LogP contribution in [0, 0.1) is 37.8 Å². The molecule has 0 saturated carbocycles. The normalized spacial score (nSPS) is 16.9. The summed E-state index contributed by atoms with van der Waals surface area (Å²) in [7, 11) is 0. The molecule has 0 aromatic heterocycles. The number of non-ortho nitro benzene ring substituents is 1. The number of piperidine rings is 1. The Hall–Kier alpha value is -3.10. The summed E-state index contributed by atoms with van der Waals surface area (Å²) >= 11 is 0. The molecular weight excluding hydrogens is 540 g/mol. The predicted octanol–water partition coefficient (Wildman–Crippen LogP) is 6.85. The van der Waals surface area contributed by atoms with Gasteiger partial charge in [0, 0.05) is 24.2 Å². The van der Waals surface area contributed by atoms with Crippen molar-refractivity contribution in [3.8, 4) is 0 Å². The molecule has 43 heavy (non-hydrogen) atoms. The molecule has 0 aliphatic carbocycles. The fourth-order valence-corrected chi connectivity index (χ4v) is 6.87. The van der Waals surface area contributed by atoms with Crippen LogP contribution in [0.2, 0.25) is 0 Å². The molecule has 1 heterocycles. The third kappa shape index (κ3) is 9.44. The molecule has 2 unspecified atom stereocenters. The number of nitrogens with one attached hydrogen (secondary N) is 1. The maximum absolute atomic E-state index is 13.4. The first-order valence-electron chi connectivity index (χ1n) is 16.2. The fraction of sp³-hybridized carbons (Fsp3) is 0.600. The molecule has 0 bridgehead atoms. The van der Waals surface area contributed by atoms with E-state index in [1.807, 2.05) is 45.9 Å². The van der Waals surface area contributed by atoms with Gasteiger partial charge in [0.1, 0.15) is 6.54 Å². The summed E-state index contributed by atoms with van der Waals surface area (Å²) < 4.78 is 0.783. The van der Waals surface area contributed by atoms with Crippen molar-refractivity contribution in [1.29, 1.82) is 0 Å². The van der Waals surface area contributed by atoms with Crippen molar-refractivity contribution in [1.82, 2.24) is 4.90 Å². The number of amides is 1. The van der Waals surface area contributed by atoms with Gasteiger partial charge in [0.05, 0.1) is 30.6 Å². The number of anilines is 1. The van der Waals surface area contributed by atoms with E-state index in [4.69, 9.17) is 0 Å². The van der Waals surface area contributed by atoms with Crippen LogP contribution in [0.1, 0.15) is 86.6 Å². The molecule has 8 heteroatoms. The number of quaternary nitrogens is 1. The van der Waals surface area contributed by atoms with E-state index in [-0.39, 0.29) is 28.3 Å². The summed E-state index contributed by atoms with van der Waals surface area (Å²) in [5, 5.41) is 14.5. The Labute approximate surface area is 258 Å². The Morgan fingerprint density at radius 1 is 0.977 bits per heavy atom. The Balaban J connectivity index is 1.54. The Kier molecular flexibility index (Phi) is 12.9. The van der Waals surface area contributed by atoms with Crippen molar-refractivity contribution in [2.75, 3.05) is 44.6 Å². The van der Waals surface area contributed by atoms with E-state index in [0.717, 1.165) is 116 Å². The van der Waals surface area contributed by atoms with Crippen molar-refractivity contribution < 1.29 is 19.0 Å². The third-order valence-corrected chi connectivity index (χ3v) is 9.37. The number of hydrogen-bond acceptors (Lipinski definition) is 5. The molecule has 1 aliphatic rings. The van der Waals surface area contributed by atoms with Crippen molar-refractivity contribution in [2.45, 2.75) is 99.0 Å². The summed E-state index contributed by atoms with van der Waals surface area (Å²) in [6.45, 7) is 17.4. The quantitative estimate of drug-likeness (QED) is 0.0995. The molecular formula is C35H53N4O4+. The number of para-hydroxylation sites is 1. The van der Waals surface area contributed by atoms with Crippen molar-refractivity contribution >= 4 is 23.1 Å². The lowest BCUT2D eigenvalue weighted by Crippen LogP contribution is -2.52. The number of Topliss-reactive ketones (excluding diaryl/α,β-unsaturated/α-hetero) is 1. The fourth-order valence-electron chi connectivity index (χ4n) is 6.87. The zero-order valence-corrected chi connectivity index (χ0v) is 27.3. The van der Waals surface area contributed by atoms with E-state index < -0.39 is 0 Å². The van der Waals surface area contributed by atoms with Crippen LogP contribution in [0.3, 0.4) is 0 Å². The van der Waals surface area contributed by atoms with Crippen LogP contribution in [-0.2, 0) is 16.0 Å². The molecule has 0 spiro atoms.